The fourth-order valence-corrected chi connectivity index (χ4v) is 1.89. The second kappa shape index (κ2) is 6.67. The number of hydrogen-bond acceptors (Lipinski definition) is 5. The first-order valence-electron chi connectivity index (χ1n) is 6.67. The van der Waals surface area contributed by atoms with Gasteiger partial charge >= 0.3 is 0 Å². The van der Waals surface area contributed by atoms with Crippen LogP contribution in [0.4, 0.5) is 5.69 Å². The van der Waals surface area contributed by atoms with E-state index in [2.05, 4.69) is 5.32 Å². The van der Waals surface area contributed by atoms with Crippen molar-refractivity contribution in [1.29, 1.82) is 0 Å². The maximum absolute atomic E-state index is 10.7. The summed E-state index contributed by atoms with van der Waals surface area (Å²) in [4.78, 5) is 10.2. The number of nitro benzene ring substituents is 1. The molecule has 0 fully saturated rings. The van der Waals surface area contributed by atoms with E-state index in [0.29, 0.717) is 12.1 Å². The highest BCUT2D eigenvalue weighted by molar-refractivity contribution is 5.42. The van der Waals surface area contributed by atoms with Gasteiger partial charge in [0.05, 0.1) is 10.5 Å². The van der Waals surface area contributed by atoms with Crippen molar-refractivity contribution < 1.29 is 15.1 Å². The van der Waals surface area contributed by atoms with Crippen LogP contribution in [0.1, 0.15) is 32.8 Å². The minimum Gasteiger partial charge on any atom is -0.508 e. The molecule has 0 amide bonds. The number of aromatic hydroxyl groups is 1. The smallest absolute Gasteiger partial charge is 0.270 e. The van der Waals surface area contributed by atoms with Crippen LogP contribution in [0.15, 0.2) is 18.2 Å². The number of aliphatic hydroxyl groups is 1. The van der Waals surface area contributed by atoms with Crippen molar-refractivity contribution >= 4 is 5.69 Å². The first-order valence-corrected chi connectivity index (χ1v) is 6.67. The number of nitrogens with zero attached hydrogens (tertiary/aromatic N) is 1. The Kier molecular flexibility index (Phi) is 5.47. The zero-order valence-corrected chi connectivity index (χ0v) is 12.1. The number of phenolic OH excluding ortho intramolecular Hbond substituents is 1. The van der Waals surface area contributed by atoms with E-state index in [0.717, 1.165) is 6.42 Å². The Morgan fingerprint density at radius 3 is 2.70 bits per heavy atom. The molecule has 0 bridgehead atoms. The van der Waals surface area contributed by atoms with Crippen LogP contribution in [0.3, 0.4) is 0 Å². The van der Waals surface area contributed by atoms with Crippen LogP contribution in [0.2, 0.25) is 0 Å². The molecule has 2 atom stereocenters. The number of nitro groups is 1. The molecule has 1 aromatic rings. The largest absolute Gasteiger partial charge is 0.508 e. The van der Waals surface area contributed by atoms with Gasteiger partial charge in [0.2, 0.25) is 0 Å². The molecule has 1 rings (SSSR count). The SMILES string of the molecule is CCC(C)C(C)(O)CNCc1cc([N+](=O)[O-])ccc1O. The number of rotatable bonds is 7. The number of hydrogen-bond donors (Lipinski definition) is 3. The van der Waals surface area contributed by atoms with Crippen molar-refractivity contribution in [3.63, 3.8) is 0 Å². The van der Waals surface area contributed by atoms with E-state index in [4.69, 9.17) is 0 Å². The molecule has 6 heteroatoms. The highest BCUT2D eigenvalue weighted by Crippen LogP contribution is 2.23. The summed E-state index contributed by atoms with van der Waals surface area (Å²) in [5, 5.41) is 33.6. The molecule has 2 unspecified atom stereocenters. The van der Waals surface area contributed by atoms with Crippen molar-refractivity contribution in [2.45, 2.75) is 39.3 Å². The van der Waals surface area contributed by atoms with Crippen LogP contribution in [0.25, 0.3) is 0 Å². The lowest BCUT2D eigenvalue weighted by molar-refractivity contribution is -0.384. The number of benzene rings is 1. The third-order valence-electron chi connectivity index (χ3n) is 3.75. The Hall–Kier alpha value is -1.66. The molecule has 20 heavy (non-hydrogen) atoms. The summed E-state index contributed by atoms with van der Waals surface area (Å²) in [6.45, 7) is 6.34. The first kappa shape index (κ1) is 16.4. The molecule has 0 aliphatic heterocycles. The van der Waals surface area contributed by atoms with Gasteiger partial charge in [-0.25, -0.2) is 0 Å². The summed E-state index contributed by atoms with van der Waals surface area (Å²) in [5.74, 6) is 0.139. The molecule has 3 N–H and O–H groups in total. The topological polar surface area (TPSA) is 95.6 Å². The predicted octanol–water partition coefficient (Wildman–Crippen LogP) is 2.19. The summed E-state index contributed by atoms with van der Waals surface area (Å²) in [5.41, 5.74) is -0.474. The molecule has 6 nitrogen and oxygen atoms in total. The Bertz CT molecular complexity index is 474. The molecule has 112 valence electrons. The Morgan fingerprint density at radius 1 is 1.50 bits per heavy atom. The molecular weight excluding hydrogens is 260 g/mol. The van der Waals surface area contributed by atoms with Crippen LogP contribution in [0, 0.1) is 16.0 Å². The molecule has 1 aromatic carbocycles. The Balaban J connectivity index is 2.66. The summed E-state index contributed by atoms with van der Waals surface area (Å²) in [6, 6.07) is 3.90. The minimum absolute atomic E-state index is 0.00582. The average molecular weight is 282 g/mol. The minimum atomic E-state index is -0.856. The van der Waals surface area contributed by atoms with Gasteiger partial charge < -0.3 is 15.5 Å². The van der Waals surface area contributed by atoms with Crippen LogP contribution in [0.5, 0.6) is 5.75 Å². The van der Waals surface area contributed by atoms with E-state index in [1.807, 2.05) is 13.8 Å². The molecule has 0 aliphatic carbocycles. The maximum atomic E-state index is 10.7. The lowest BCUT2D eigenvalue weighted by Crippen LogP contribution is -2.42. The molecular formula is C14H22N2O4. The lowest BCUT2D eigenvalue weighted by Gasteiger charge is -2.30. The van der Waals surface area contributed by atoms with Crippen LogP contribution in [-0.4, -0.2) is 27.3 Å². The van der Waals surface area contributed by atoms with Crippen LogP contribution < -0.4 is 5.32 Å². The van der Waals surface area contributed by atoms with E-state index in [1.54, 1.807) is 6.92 Å². The van der Waals surface area contributed by atoms with Gasteiger partial charge in [-0.1, -0.05) is 20.3 Å². The van der Waals surface area contributed by atoms with Crippen molar-refractivity contribution in [2.75, 3.05) is 6.54 Å². The Morgan fingerprint density at radius 2 is 2.15 bits per heavy atom. The third kappa shape index (κ3) is 4.18. The summed E-state index contributed by atoms with van der Waals surface area (Å²) in [6.07, 6.45) is 0.858. The number of nitrogens with one attached hydrogen (secondary N) is 1. The van der Waals surface area contributed by atoms with Gasteiger partial charge in [-0.15, -0.1) is 0 Å². The fourth-order valence-electron chi connectivity index (χ4n) is 1.89. The molecule has 0 aliphatic rings. The summed E-state index contributed by atoms with van der Waals surface area (Å²) in [7, 11) is 0. The van der Waals surface area contributed by atoms with E-state index in [-0.39, 0.29) is 23.9 Å². The monoisotopic (exact) mass is 282 g/mol. The van der Waals surface area contributed by atoms with Crippen LogP contribution >= 0.6 is 0 Å². The van der Waals surface area contributed by atoms with E-state index >= 15 is 0 Å². The average Bonchev–Trinajstić information content (AvgIpc) is 2.39. The van der Waals surface area contributed by atoms with Crippen molar-refractivity contribution in [1.82, 2.24) is 5.32 Å². The first-order chi connectivity index (χ1) is 9.27. The Labute approximate surface area is 118 Å². The van der Waals surface area contributed by atoms with E-state index in [1.165, 1.54) is 18.2 Å². The van der Waals surface area contributed by atoms with Gasteiger partial charge in [0.1, 0.15) is 5.75 Å². The zero-order chi connectivity index (χ0) is 15.3. The van der Waals surface area contributed by atoms with Crippen molar-refractivity contribution in [3.05, 3.63) is 33.9 Å². The quantitative estimate of drug-likeness (QED) is 0.526. The number of phenols is 1. The fraction of sp³-hybridized carbons (Fsp3) is 0.571. The van der Waals surface area contributed by atoms with Gasteiger partial charge in [0.25, 0.3) is 5.69 Å². The van der Waals surface area contributed by atoms with Gasteiger partial charge in [-0.05, 0) is 18.9 Å². The van der Waals surface area contributed by atoms with Crippen molar-refractivity contribution in [2.24, 2.45) is 5.92 Å². The van der Waals surface area contributed by atoms with E-state index in [9.17, 15) is 20.3 Å². The molecule has 0 spiro atoms. The second-order valence-corrected chi connectivity index (χ2v) is 5.34. The molecule has 0 saturated carbocycles. The molecule has 0 heterocycles. The van der Waals surface area contributed by atoms with Gasteiger partial charge in [0, 0.05) is 30.8 Å². The predicted molar refractivity (Wildman–Crippen MR) is 76.5 cm³/mol. The number of non-ortho nitro benzene ring substituents is 1. The standard InChI is InChI=1S/C14H22N2O4/c1-4-10(2)14(3,18)9-15-8-11-7-12(16(19)20)5-6-13(11)17/h5-7,10,15,17-18H,4,8-9H2,1-3H3. The lowest BCUT2D eigenvalue weighted by atomic mass is 9.88. The van der Waals surface area contributed by atoms with Crippen molar-refractivity contribution in [3.8, 4) is 5.75 Å². The summed E-state index contributed by atoms with van der Waals surface area (Å²) < 4.78 is 0. The summed E-state index contributed by atoms with van der Waals surface area (Å²) >= 11 is 0. The van der Waals surface area contributed by atoms with Crippen LogP contribution in [-0.2, 0) is 6.54 Å². The highest BCUT2D eigenvalue weighted by Gasteiger charge is 2.26. The normalized spacial score (nSPS) is 15.6. The molecule has 0 saturated heterocycles. The van der Waals surface area contributed by atoms with Gasteiger partial charge in [-0.2, -0.15) is 0 Å². The third-order valence-corrected chi connectivity index (χ3v) is 3.75. The molecule has 0 aromatic heterocycles. The molecule has 0 radical (unpaired) electrons. The van der Waals surface area contributed by atoms with Gasteiger partial charge in [0.15, 0.2) is 0 Å². The maximum Gasteiger partial charge on any atom is 0.270 e. The van der Waals surface area contributed by atoms with E-state index < -0.39 is 10.5 Å². The highest BCUT2D eigenvalue weighted by atomic mass is 16.6. The second-order valence-electron chi connectivity index (χ2n) is 5.34. The van der Waals surface area contributed by atoms with Gasteiger partial charge in [-0.3, -0.25) is 10.1 Å². The zero-order valence-electron chi connectivity index (χ0n) is 12.1.